The molecule has 0 radical (unpaired) electrons. The fraction of sp³-hybridized carbons (Fsp3) is 0.0870. The highest BCUT2D eigenvalue weighted by Gasteiger charge is 2.27. The molecule has 1 amide bonds. The van der Waals surface area contributed by atoms with Crippen LogP contribution in [0.5, 0.6) is 0 Å². The average Bonchev–Trinajstić information content (AvgIpc) is 3.26. The Labute approximate surface area is 217 Å². The second kappa shape index (κ2) is 11.2. The molecule has 3 aromatic carbocycles. The van der Waals surface area contributed by atoms with Crippen molar-refractivity contribution >= 4 is 63.6 Å². The second-order valence-electron chi connectivity index (χ2n) is 7.30. The van der Waals surface area contributed by atoms with Crippen molar-refractivity contribution in [2.45, 2.75) is 13.0 Å². The summed E-state index contributed by atoms with van der Waals surface area (Å²) in [5, 5.41) is 3.10. The Hall–Kier alpha value is -2.89. The maximum atomic E-state index is 14.1. The van der Waals surface area contributed by atoms with Crippen LogP contribution in [0.15, 0.2) is 66.7 Å². The lowest BCUT2D eigenvalue weighted by Gasteiger charge is -2.21. The first-order chi connectivity index (χ1) is 16.8. The van der Waals surface area contributed by atoms with Gasteiger partial charge in [0.05, 0.1) is 23.0 Å². The number of rotatable bonds is 8. The summed E-state index contributed by atoms with van der Waals surface area (Å²) in [6.45, 7) is -0.121. The summed E-state index contributed by atoms with van der Waals surface area (Å²) in [5.41, 5.74) is 1.71. The van der Waals surface area contributed by atoms with E-state index in [1.165, 1.54) is 30.3 Å². The molecule has 180 valence electrons. The Balaban J connectivity index is 1.67. The van der Waals surface area contributed by atoms with Crippen molar-refractivity contribution < 1.29 is 17.9 Å². The topological polar surface area (TPSA) is 95.4 Å². The number of nitrogens with one attached hydrogen (secondary N) is 1. The van der Waals surface area contributed by atoms with Crippen molar-refractivity contribution in [3.63, 3.8) is 0 Å². The van der Waals surface area contributed by atoms with Crippen molar-refractivity contribution in [2.24, 2.45) is 0 Å². The number of aromatic nitrogens is 2. The zero-order valence-electron chi connectivity index (χ0n) is 17.8. The van der Waals surface area contributed by atoms with Crippen LogP contribution >= 0.6 is 34.9 Å². The van der Waals surface area contributed by atoms with E-state index < -0.39 is 23.0 Å². The van der Waals surface area contributed by atoms with Crippen LogP contribution in [-0.2, 0) is 24.2 Å². The largest absolute Gasteiger partial charge is 0.348 e. The van der Waals surface area contributed by atoms with Crippen LogP contribution in [0.25, 0.3) is 0 Å². The van der Waals surface area contributed by atoms with Gasteiger partial charge in [-0.1, -0.05) is 59.6 Å². The molecule has 0 aliphatic carbocycles. The number of amides is 1. The van der Waals surface area contributed by atoms with Crippen molar-refractivity contribution in [2.75, 3.05) is 4.31 Å². The molecule has 0 aliphatic rings. The van der Waals surface area contributed by atoms with E-state index in [0.717, 1.165) is 27.7 Å². The molecule has 1 aromatic heterocycles. The van der Waals surface area contributed by atoms with E-state index in [0.29, 0.717) is 12.1 Å². The van der Waals surface area contributed by atoms with E-state index in [9.17, 15) is 17.9 Å². The summed E-state index contributed by atoms with van der Waals surface area (Å²) in [7, 11) is 0. The molecule has 0 saturated heterocycles. The Morgan fingerprint density at radius 1 is 1.06 bits per heavy atom. The lowest BCUT2D eigenvalue weighted by Crippen LogP contribution is -2.28. The first kappa shape index (κ1) is 25.2. The van der Waals surface area contributed by atoms with E-state index in [4.69, 9.17) is 23.2 Å². The Morgan fingerprint density at radius 3 is 2.49 bits per heavy atom. The molecule has 4 rings (SSSR count). The Kier molecular flexibility index (Phi) is 8.09. The lowest BCUT2D eigenvalue weighted by molar-refractivity contribution is 0.0951. The summed E-state index contributed by atoms with van der Waals surface area (Å²) in [6, 6.07) is 17.8. The molecule has 7 nitrogen and oxygen atoms in total. The summed E-state index contributed by atoms with van der Waals surface area (Å²) in [5.74, 6) is -1.04. The number of carbonyl (C=O) groups is 1. The van der Waals surface area contributed by atoms with Crippen LogP contribution in [0.3, 0.4) is 0 Å². The number of hydrogen-bond donors (Lipinski definition) is 2. The standard InChI is InChI=1S/C23H17Cl2FN4O3S2/c24-16-7-6-15(19(26)11-16)13-27-23(31)18-9-8-17(25)12-21(18)30(35(32)33)22-20(28-34-29-22)10-14-4-2-1-3-5-14/h1-9,11-12H,10,13H2,(H,27,31)(H,32,33). The van der Waals surface area contributed by atoms with Crippen molar-refractivity contribution in [3.8, 4) is 0 Å². The SMILES string of the molecule is O=C(NCc1ccc(Cl)cc1F)c1ccc(Cl)cc1N(c1nsnc1Cc1ccccc1)S(=O)O. The van der Waals surface area contributed by atoms with E-state index in [1.807, 2.05) is 30.3 Å². The summed E-state index contributed by atoms with van der Waals surface area (Å²) < 4.78 is 46.3. The van der Waals surface area contributed by atoms with Crippen molar-refractivity contribution in [1.29, 1.82) is 0 Å². The number of halogens is 3. The minimum absolute atomic E-state index is 0.0461. The third-order valence-electron chi connectivity index (χ3n) is 4.98. The molecule has 0 saturated carbocycles. The molecule has 1 atom stereocenters. The van der Waals surface area contributed by atoms with Crippen LogP contribution in [0.2, 0.25) is 10.0 Å². The van der Waals surface area contributed by atoms with Crippen LogP contribution in [0, 0.1) is 5.82 Å². The normalized spacial score (nSPS) is 11.8. The molecular formula is C23H17Cl2FN4O3S2. The van der Waals surface area contributed by atoms with Crippen molar-refractivity contribution in [1.82, 2.24) is 14.1 Å². The number of nitrogens with zero attached hydrogens (tertiary/aromatic N) is 3. The highest BCUT2D eigenvalue weighted by atomic mass is 35.5. The maximum absolute atomic E-state index is 14.1. The van der Waals surface area contributed by atoms with Crippen LogP contribution in [-0.4, -0.2) is 23.4 Å². The van der Waals surface area contributed by atoms with Crippen LogP contribution in [0.1, 0.15) is 27.2 Å². The summed E-state index contributed by atoms with van der Waals surface area (Å²) in [6.07, 6.45) is 0.359. The molecule has 0 aliphatic heterocycles. The molecule has 0 bridgehead atoms. The highest BCUT2D eigenvalue weighted by Crippen LogP contribution is 2.34. The van der Waals surface area contributed by atoms with Gasteiger partial charge in [-0.2, -0.15) is 8.75 Å². The third-order valence-corrected chi connectivity index (χ3v) is 6.69. The molecule has 1 heterocycles. The molecule has 2 N–H and O–H groups in total. The van der Waals surface area contributed by atoms with Crippen molar-refractivity contribution in [3.05, 3.63) is 105 Å². The van der Waals surface area contributed by atoms with Gasteiger partial charge in [-0.25, -0.2) is 12.9 Å². The van der Waals surface area contributed by atoms with E-state index in [-0.39, 0.29) is 39.2 Å². The van der Waals surface area contributed by atoms with Gasteiger partial charge >= 0.3 is 0 Å². The molecule has 4 aromatic rings. The van der Waals surface area contributed by atoms with E-state index in [1.54, 1.807) is 0 Å². The molecule has 0 spiro atoms. The Morgan fingerprint density at radius 2 is 1.77 bits per heavy atom. The predicted octanol–water partition coefficient (Wildman–Crippen LogP) is 5.78. The fourth-order valence-corrected chi connectivity index (χ4v) is 4.87. The van der Waals surface area contributed by atoms with Gasteiger partial charge in [0.15, 0.2) is 5.82 Å². The quantitative estimate of drug-likeness (QED) is 0.271. The number of anilines is 2. The molecule has 12 heteroatoms. The molecular weight excluding hydrogens is 534 g/mol. The van der Waals surface area contributed by atoms with E-state index in [2.05, 4.69) is 14.1 Å². The molecule has 0 fully saturated rings. The minimum atomic E-state index is -2.61. The Bertz CT molecular complexity index is 1390. The summed E-state index contributed by atoms with van der Waals surface area (Å²) in [4.78, 5) is 13.1. The van der Waals surface area contributed by atoms with Gasteiger partial charge in [-0.15, -0.1) is 0 Å². The summed E-state index contributed by atoms with van der Waals surface area (Å²) >= 11 is 10.2. The average molecular weight is 551 g/mol. The number of hydrogen-bond acceptors (Lipinski definition) is 5. The van der Waals surface area contributed by atoms with Gasteiger partial charge in [-0.05, 0) is 35.9 Å². The minimum Gasteiger partial charge on any atom is -0.348 e. The number of carbonyl (C=O) groups excluding carboxylic acids is 1. The lowest BCUT2D eigenvalue weighted by atomic mass is 10.1. The second-order valence-corrected chi connectivity index (χ2v) is 9.53. The van der Waals surface area contributed by atoms with Crippen LogP contribution < -0.4 is 9.62 Å². The predicted molar refractivity (Wildman–Crippen MR) is 136 cm³/mol. The first-order valence-electron chi connectivity index (χ1n) is 10.1. The first-order valence-corrected chi connectivity index (χ1v) is 12.7. The molecule has 1 unspecified atom stereocenters. The molecule has 35 heavy (non-hydrogen) atoms. The van der Waals surface area contributed by atoms with Gasteiger partial charge in [0.1, 0.15) is 11.5 Å². The third kappa shape index (κ3) is 6.03. The maximum Gasteiger partial charge on any atom is 0.268 e. The van der Waals surface area contributed by atoms with E-state index >= 15 is 0 Å². The van der Waals surface area contributed by atoms with Gasteiger partial charge in [0, 0.05) is 28.6 Å². The smallest absolute Gasteiger partial charge is 0.268 e. The highest BCUT2D eigenvalue weighted by molar-refractivity contribution is 7.81. The van der Waals surface area contributed by atoms with Gasteiger partial charge in [0.2, 0.25) is 0 Å². The van der Waals surface area contributed by atoms with Gasteiger partial charge in [-0.3, -0.25) is 9.35 Å². The number of benzene rings is 3. The fourth-order valence-electron chi connectivity index (χ4n) is 3.33. The monoisotopic (exact) mass is 550 g/mol. The van der Waals surface area contributed by atoms with Gasteiger partial charge in [0.25, 0.3) is 17.2 Å². The zero-order valence-corrected chi connectivity index (χ0v) is 21.0. The van der Waals surface area contributed by atoms with Gasteiger partial charge < -0.3 is 5.32 Å². The zero-order chi connectivity index (χ0) is 24.9. The van der Waals surface area contributed by atoms with Crippen LogP contribution in [0.4, 0.5) is 15.9 Å².